The highest BCUT2D eigenvalue weighted by molar-refractivity contribution is 5.39. The Morgan fingerprint density at radius 1 is 1.36 bits per heavy atom. The maximum absolute atomic E-state index is 9.77. The third kappa shape index (κ3) is 2.58. The molecule has 1 rings (SSSR count). The Kier molecular flexibility index (Phi) is 6.22. The van der Waals surface area contributed by atoms with Crippen molar-refractivity contribution in [3.05, 3.63) is 36.5 Å². The maximum Gasteiger partial charge on any atom is 0.0823 e. The van der Waals surface area contributed by atoms with Gasteiger partial charge in [-0.15, -0.1) is 0 Å². The summed E-state index contributed by atoms with van der Waals surface area (Å²) in [5, 5.41) is 9.77. The topological polar surface area (TPSA) is 20.2 Å². The van der Waals surface area contributed by atoms with Crippen molar-refractivity contribution in [3.63, 3.8) is 0 Å². The average Bonchev–Trinajstić information content (AvgIpc) is 2.57. The summed E-state index contributed by atoms with van der Waals surface area (Å²) in [6.07, 6.45) is 5.21. The van der Waals surface area contributed by atoms with Gasteiger partial charge in [-0.05, 0) is 23.5 Å². The van der Waals surface area contributed by atoms with Gasteiger partial charge >= 0.3 is 0 Å². The van der Waals surface area contributed by atoms with E-state index in [1.807, 2.05) is 19.9 Å². The Hall–Kier alpha value is -0.820. The number of aliphatic hydroxyl groups excluding tert-OH is 1. The molecule has 0 aromatic heterocycles. The molecule has 2 atom stereocenters. The number of rotatable bonds is 3. The quantitative estimate of drug-likeness (QED) is 0.729. The van der Waals surface area contributed by atoms with Crippen LogP contribution < -0.4 is 0 Å². The second kappa shape index (κ2) is 6.61. The van der Waals surface area contributed by atoms with Gasteiger partial charge in [-0.1, -0.05) is 52.5 Å². The zero-order valence-electron chi connectivity index (χ0n) is 9.59. The van der Waals surface area contributed by atoms with Gasteiger partial charge in [0.2, 0.25) is 0 Å². The molecule has 1 aliphatic carbocycles. The lowest BCUT2D eigenvalue weighted by Gasteiger charge is -2.12. The molecule has 1 N–H and O–H groups in total. The summed E-state index contributed by atoms with van der Waals surface area (Å²) >= 11 is 0. The SMILES string of the molecule is C=CC1=C(C=C)C(O)C(CC)C1.CC. The van der Waals surface area contributed by atoms with Crippen molar-refractivity contribution < 1.29 is 5.11 Å². The predicted octanol–water partition coefficient (Wildman–Crippen LogP) is 3.47. The molecule has 0 saturated carbocycles. The van der Waals surface area contributed by atoms with Gasteiger partial charge in [-0.3, -0.25) is 0 Å². The first-order valence-electron chi connectivity index (χ1n) is 5.40. The van der Waals surface area contributed by atoms with Crippen molar-refractivity contribution in [1.82, 2.24) is 0 Å². The van der Waals surface area contributed by atoms with Crippen LogP contribution in [0.4, 0.5) is 0 Å². The first-order valence-corrected chi connectivity index (χ1v) is 5.40. The average molecular weight is 194 g/mol. The summed E-state index contributed by atoms with van der Waals surface area (Å²) in [4.78, 5) is 0. The lowest BCUT2D eigenvalue weighted by atomic mass is 9.99. The van der Waals surface area contributed by atoms with E-state index in [2.05, 4.69) is 20.1 Å². The first-order chi connectivity index (χ1) is 6.74. The van der Waals surface area contributed by atoms with Crippen LogP contribution in [-0.2, 0) is 0 Å². The molecular weight excluding hydrogens is 172 g/mol. The summed E-state index contributed by atoms with van der Waals surface area (Å²) in [5.41, 5.74) is 2.13. The highest BCUT2D eigenvalue weighted by atomic mass is 16.3. The van der Waals surface area contributed by atoms with Gasteiger partial charge in [0.1, 0.15) is 0 Å². The monoisotopic (exact) mass is 194 g/mol. The van der Waals surface area contributed by atoms with E-state index in [0.717, 1.165) is 24.0 Å². The number of hydrogen-bond acceptors (Lipinski definition) is 1. The van der Waals surface area contributed by atoms with Crippen LogP contribution in [0.3, 0.4) is 0 Å². The fraction of sp³-hybridized carbons (Fsp3) is 0.538. The Balaban J connectivity index is 0.000000791. The summed E-state index contributed by atoms with van der Waals surface area (Å²) in [7, 11) is 0. The fourth-order valence-corrected chi connectivity index (χ4v) is 1.78. The molecule has 0 radical (unpaired) electrons. The summed E-state index contributed by atoms with van der Waals surface area (Å²) < 4.78 is 0. The smallest absolute Gasteiger partial charge is 0.0823 e. The molecule has 0 aromatic rings. The van der Waals surface area contributed by atoms with Gasteiger partial charge in [-0.25, -0.2) is 0 Å². The summed E-state index contributed by atoms with van der Waals surface area (Å²) in [5.74, 6) is 0.367. The number of aliphatic hydroxyl groups is 1. The molecule has 1 heteroatoms. The van der Waals surface area contributed by atoms with Crippen molar-refractivity contribution in [3.8, 4) is 0 Å². The van der Waals surface area contributed by atoms with Crippen LogP contribution in [0, 0.1) is 5.92 Å². The number of allylic oxidation sites excluding steroid dienone is 2. The van der Waals surface area contributed by atoms with Crippen molar-refractivity contribution in [2.45, 2.75) is 39.7 Å². The van der Waals surface area contributed by atoms with Crippen molar-refractivity contribution in [1.29, 1.82) is 0 Å². The molecule has 0 heterocycles. The minimum atomic E-state index is -0.319. The third-order valence-electron chi connectivity index (χ3n) is 2.61. The third-order valence-corrected chi connectivity index (χ3v) is 2.61. The maximum atomic E-state index is 9.77. The minimum absolute atomic E-state index is 0.319. The van der Waals surface area contributed by atoms with Gasteiger partial charge in [-0.2, -0.15) is 0 Å². The van der Waals surface area contributed by atoms with E-state index in [9.17, 15) is 5.11 Å². The van der Waals surface area contributed by atoms with Crippen LogP contribution in [0.15, 0.2) is 36.5 Å². The van der Waals surface area contributed by atoms with E-state index in [0.29, 0.717) is 5.92 Å². The Labute approximate surface area is 87.8 Å². The minimum Gasteiger partial charge on any atom is -0.388 e. The predicted molar refractivity (Wildman–Crippen MR) is 63.2 cm³/mol. The molecule has 0 aromatic carbocycles. The van der Waals surface area contributed by atoms with Gasteiger partial charge < -0.3 is 5.11 Å². The van der Waals surface area contributed by atoms with Crippen molar-refractivity contribution in [2.75, 3.05) is 0 Å². The zero-order valence-corrected chi connectivity index (χ0v) is 9.59. The fourth-order valence-electron chi connectivity index (χ4n) is 1.78. The molecule has 80 valence electrons. The van der Waals surface area contributed by atoms with E-state index < -0.39 is 0 Å². The molecule has 0 bridgehead atoms. The molecule has 1 aliphatic rings. The van der Waals surface area contributed by atoms with E-state index in [-0.39, 0.29) is 6.10 Å². The molecule has 1 nitrogen and oxygen atoms in total. The van der Waals surface area contributed by atoms with Crippen molar-refractivity contribution in [2.24, 2.45) is 5.92 Å². The van der Waals surface area contributed by atoms with Gasteiger partial charge in [0.25, 0.3) is 0 Å². The molecule has 0 saturated heterocycles. The van der Waals surface area contributed by atoms with Crippen LogP contribution in [-0.4, -0.2) is 11.2 Å². The Bertz CT molecular complexity index is 225. The summed E-state index contributed by atoms with van der Waals surface area (Å²) in [6.45, 7) is 13.5. The molecular formula is C13H22O. The number of hydrogen-bond donors (Lipinski definition) is 1. The van der Waals surface area contributed by atoms with Crippen LogP contribution in [0.5, 0.6) is 0 Å². The molecule has 0 aliphatic heterocycles. The highest BCUT2D eigenvalue weighted by Gasteiger charge is 2.28. The van der Waals surface area contributed by atoms with Crippen LogP contribution in [0.1, 0.15) is 33.6 Å². The van der Waals surface area contributed by atoms with E-state index in [1.165, 1.54) is 0 Å². The van der Waals surface area contributed by atoms with E-state index >= 15 is 0 Å². The Morgan fingerprint density at radius 2 is 1.93 bits per heavy atom. The lowest BCUT2D eigenvalue weighted by molar-refractivity contribution is 0.155. The molecule has 0 amide bonds. The van der Waals surface area contributed by atoms with E-state index in [4.69, 9.17) is 0 Å². The second-order valence-electron chi connectivity index (χ2n) is 3.21. The second-order valence-corrected chi connectivity index (χ2v) is 3.21. The van der Waals surface area contributed by atoms with Crippen LogP contribution in [0.25, 0.3) is 0 Å². The highest BCUT2D eigenvalue weighted by Crippen LogP contribution is 2.34. The molecule has 14 heavy (non-hydrogen) atoms. The van der Waals surface area contributed by atoms with Crippen LogP contribution in [0.2, 0.25) is 0 Å². The zero-order chi connectivity index (χ0) is 11.1. The normalized spacial score (nSPS) is 25.4. The van der Waals surface area contributed by atoms with Gasteiger partial charge in [0, 0.05) is 0 Å². The summed E-state index contributed by atoms with van der Waals surface area (Å²) in [6, 6.07) is 0. The molecule has 0 fully saturated rings. The largest absolute Gasteiger partial charge is 0.388 e. The Morgan fingerprint density at radius 3 is 2.21 bits per heavy atom. The lowest BCUT2D eigenvalue weighted by Crippen LogP contribution is -2.15. The molecule has 2 unspecified atom stereocenters. The van der Waals surface area contributed by atoms with E-state index in [1.54, 1.807) is 6.08 Å². The first kappa shape index (κ1) is 13.2. The standard InChI is InChI=1S/C11H16O.C2H6/c1-4-8-7-9(5-2)11(12)10(8)6-3;1-2/h4,6,9,11-12H,1,3,5,7H2,2H3;1-2H3. The molecule has 0 spiro atoms. The van der Waals surface area contributed by atoms with Gasteiger partial charge in [0.05, 0.1) is 6.10 Å². The van der Waals surface area contributed by atoms with Crippen LogP contribution >= 0.6 is 0 Å². The van der Waals surface area contributed by atoms with Crippen molar-refractivity contribution >= 4 is 0 Å². The van der Waals surface area contributed by atoms with Gasteiger partial charge in [0.15, 0.2) is 0 Å².